The molecule has 5 aliphatic rings. The lowest BCUT2D eigenvalue weighted by molar-refractivity contribution is -0.141. The predicted molar refractivity (Wildman–Crippen MR) is 134 cm³/mol. The van der Waals surface area contributed by atoms with Crippen LogP contribution in [0.1, 0.15) is 70.4 Å². The van der Waals surface area contributed by atoms with E-state index in [4.69, 9.17) is 4.99 Å². The van der Waals surface area contributed by atoms with E-state index in [0.717, 1.165) is 55.1 Å². The van der Waals surface area contributed by atoms with Crippen molar-refractivity contribution in [2.24, 2.45) is 29.8 Å². The van der Waals surface area contributed by atoms with Gasteiger partial charge in [0.25, 0.3) is 0 Å². The van der Waals surface area contributed by atoms with Crippen LogP contribution in [0.4, 0.5) is 11.6 Å². The number of fused-ring (bicyclic) bond motifs is 1. The highest BCUT2D eigenvalue weighted by Gasteiger charge is 2.55. The van der Waals surface area contributed by atoms with Gasteiger partial charge in [-0.25, -0.2) is 9.98 Å². The lowest BCUT2D eigenvalue weighted by Crippen LogP contribution is -2.66. The van der Waals surface area contributed by atoms with Gasteiger partial charge in [-0.15, -0.1) is 0 Å². The Bertz CT molecular complexity index is 1070. The van der Waals surface area contributed by atoms with Crippen molar-refractivity contribution in [1.29, 1.82) is 0 Å². The van der Waals surface area contributed by atoms with E-state index in [1.54, 1.807) is 6.33 Å². The Morgan fingerprint density at radius 2 is 1.94 bits per heavy atom. The van der Waals surface area contributed by atoms with Crippen molar-refractivity contribution in [2.75, 3.05) is 12.4 Å². The van der Waals surface area contributed by atoms with Gasteiger partial charge < -0.3 is 24.5 Å². The summed E-state index contributed by atoms with van der Waals surface area (Å²) < 4.78 is 4.33. The molecule has 34 heavy (non-hydrogen) atoms. The summed E-state index contributed by atoms with van der Waals surface area (Å²) in [5, 5.41) is 18.9. The van der Waals surface area contributed by atoms with E-state index < -0.39 is 5.60 Å². The molecular formula is C26H39N7O. The van der Waals surface area contributed by atoms with E-state index in [0.29, 0.717) is 29.8 Å². The zero-order valence-electron chi connectivity index (χ0n) is 20.9. The van der Waals surface area contributed by atoms with Gasteiger partial charge in [0.2, 0.25) is 0 Å². The minimum atomic E-state index is -0.413. The number of aryl methyl sites for hydroxylation is 1. The molecule has 0 radical (unpaired) electrons. The summed E-state index contributed by atoms with van der Waals surface area (Å²) in [6.45, 7) is 4.51. The van der Waals surface area contributed by atoms with Gasteiger partial charge >= 0.3 is 0 Å². The Labute approximate surface area is 202 Å². The van der Waals surface area contributed by atoms with E-state index >= 15 is 0 Å². The molecule has 4 bridgehead atoms. The minimum absolute atomic E-state index is 0.0601. The van der Waals surface area contributed by atoms with Gasteiger partial charge in [-0.3, -0.25) is 5.32 Å². The molecule has 3 heterocycles. The molecular weight excluding hydrogens is 426 g/mol. The summed E-state index contributed by atoms with van der Waals surface area (Å²) in [6, 6.07) is 3.06. The Kier molecular flexibility index (Phi) is 5.30. The summed E-state index contributed by atoms with van der Waals surface area (Å²) in [5.74, 6) is 4.61. The molecule has 7 rings (SSSR count). The molecule has 0 saturated heterocycles. The molecule has 3 N–H and O–H groups in total. The van der Waals surface area contributed by atoms with E-state index in [-0.39, 0.29) is 6.29 Å². The maximum absolute atomic E-state index is 11.1. The number of aliphatic imine (C=N–C) groups is 1. The number of nitrogens with one attached hydrogen (secondary N) is 2. The van der Waals surface area contributed by atoms with Gasteiger partial charge in [-0.1, -0.05) is 13.8 Å². The van der Waals surface area contributed by atoms with Crippen LogP contribution in [-0.2, 0) is 7.05 Å². The number of nitrogens with zero attached hydrogens (tertiary/aromatic N) is 5. The first-order valence-electron chi connectivity index (χ1n) is 13.1. The van der Waals surface area contributed by atoms with Crippen LogP contribution in [0.5, 0.6) is 0 Å². The molecule has 1 aliphatic heterocycles. The highest BCUT2D eigenvalue weighted by molar-refractivity contribution is 6.05. The largest absolute Gasteiger partial charge is 0.390 e. The summed E-state index contributed by atoms with van der Waals surface area (Å²) in [7, 11) is 4.09. The number of amidine groups is 1. The lowest BCUT2D eigenvalue weighted by atomic mass is 9.52. The van der Waals surface area contributed by atoms with E-state index in [9.17, 15) is 5.11 Å². The van der Waals surface area contributed by atoms with Crippen LogP contribution in [0, 0.1) is 17.8 Å². The molecule has 8 nitrogen and oxygen atoms in total. The Balaban J connectivity index is 1.34. The monoisotopic (exact) mass is 465 g/mol. The maximum atomic E-state index is 11.1. The summed E-state index contributed by atoms with van der Waals surface area (Å²) in [4.78, 5) is 11.7. The molecule has 0 amide bonds. The van der Waals surface area contributed by atoms with Gasteiger partial charge in [0.1, 0.15) is 11.7 Å². The first kappa shape index (κ1) is 22.2. The number of imidazole rings is 1. The second kappa shape index (κ2) is 8.12. The molecule has 4 aliphatic carbocycles. The topological polar surface area (TPSA) is 82.6 Å². The standard InChI is InChI=1S/C26H39N7O/c1-5-19(6-2)33-8-7-20-23(28-21-14-31(3)15-27-21)32(4)25(30-24(20)33)29-22-17-9-16-10-18(22)13-26(34,11-16)12-17/h7-8,14-19,22,25,29-30,34H,5-6,9-13H2,1-4H3. The van der Waals surface area contributed by atoms with Crippen LogP contribution in [0.25, 0.3) is 0 Å². The molecule has 3 unspecified atom stereocenters. The molecule has 2 aromatic rings. The van der Waals surface area contributed by atoms with Crippen LogP contribution in [0.15, 0.2) is 29.8 Å². The number of rotatable bonds is 6. The van der Waals surface area contributed by atoms with Crippen LogP contribution >= 0.6 is 0 Å². The Morgan fingerprint density at radius 1 is 1.21 bits per heavy atom. The fraction of sp³-hybridized carbons (Fsp3) is 0.692. The fourth-order valence-electron chi connectivity index (χ4n) is 7.60. The van der Waals surface area contributed by atoms with Gasteiger partial charge in [-0.2, -0.15) is 0 Å². The smallest absolute Gasteiger partial charge is 0.172 e. The first-order chi connectivity index (χ1) is 16.4. The van der Waals surface area contributed by atoms with Crippen LogP contribution in [0.3, 0.4) is 0 Å². The SMILES string of the molecule is CCC(CC)n1ccc2c1NC(NC1C3CC4CC1CC(O)(C4)C3)N(C)C2=Nc1cn(C)cn1. The van der Waals surface area contributed by atoms with Crippen molar-refractivity contribution in [2.45, 2.75) is 82.8 Å². The van der Waals surface area contributed by atoms with Crippen LogP contribution < -0.4 is 10.6 Å². The summed E-state index contributed by atoms with van der Waals surface area (Å²) >= 11 is 0. The van der Waals surface area contributed by atoms with E-state index in [1.807, 2.05) is 17.8 Å². The van der Waals surface area contributed by atoms with E-state index in [2.05, 4.69) is 58.2 Å². The zero-order valence-corrected chi connectivity index (χ0v) is 20.9. The van der Waals surface area contributed by atoms with E-state index in [1.165, 1.54) is 12.8 Å². The van der Waals surface area contributed by atoms with Gasteiger partial charge in [-0.05, 0) is 68.8 Å². The van der Waals surface area contributed by atoms with Crippen molar-refractivity contribution in [1.82, 2.24) is 24.3 Å². The number of anilines is 1. The van der Waals surface area contributed by atoms with Gasteiger partial charge in [0.15, 0.2) is 12.1 Å². The average molecular weight is 466 g/mol. The molecule has 8 heteroatoms. The molecule has 4 saturated carbocycles. The summed E-state index contributed by atoms with van der Waals surface area (Å²) in [6.07, 6.45) is 13.5. The Morgan fingerprint density at radius 3 is 2.56 bits per heavy atom. The van der Waals surface area contributed by atoms with Crippen LogP contribution in [0.2, 0.25) is 0 Å². The van der Waals surface area contributed by atoms with Crippen molar-refractivity contribution < 1.29 is 5.11 Å². The van der Waals surface area contributed by atoms with Crippen molar-refractivity contribution in [3.05, 3.63) is 30.4 Å². The maximum Gasteiger partial charge on any atom is 0.172 e. The van der Waals surface area contributed by atoms with Crippen molar-refractivity contribution in [3.8, 4) is 0 Å². The average Bonchev–Trinajstić information content (AvgIpc) is 3.39. The van der Waals surface area contributed by atoms with Crippen molar-refractivity contribution >= 4 is 17.5 Å². The first-order valence-corrected chi connectivity index (χ1v) is 13.1. The third kappa shape index (κ3) is 3.57. The van der Waals surface area contributed by atoms with Gasteiger partial charge in [0.05, 0.1) is 17.5 Å². The third-order valence-corrected chi connectivity index (χ3v) is 8.99. The predicted octanol–water partition coefficient (Wildman–Crippen LogP) is 3.83. The normalized spacial score (nSPS) is 35.3. The highest BCUT2D eigenvalue weighted by Crippen LogP contribution is 2.55. The Hall–Kier alpha value is -2.32. The molecule has 3 atom stereocenters. The fourth-order valence-corrected chi connectivity index (χ4v) is 7.60. The van der Waals surface area contributed by atoms with Crippen molar-refractivity contribution in [3.63, 3.8) is 0 Å². The minimum Gasteiger partial charge on any atom is -0.390 e. The van der Waals surface area contributed by atoms with Crippen LogP contribution in [-0.4, -0.2) is 54.9 Å². The molecule has 2 aromatic heterocycles. The highest BCUT2D eigenvalue weighted by atomic mass is 16.3. The molecule has 184 valence electrons. The number of hydrogen-bond donors (Lipinski definition) is 3. The number of aliphatic hydroxyl groups is 1. The molecule has 0 aromatic carbocycles. The second-order valence-corrected chi connectivity index (χ2v) is 11.3. The second-order valence-electron chi connectivity index (χ2n) is 11.3. The number of aromatic nitrogens is 3. The summed E-state index contributed by atoms with van der Waals surface area (Å²) in [5.41, 5.74) is 0.710. The molecule has 0 spiro atoms. The lowest BCUT2D eigenvalue weighted by Gasteiger charge is -2.59. The number of hydrogen-bond acceptors (Lipinski definition) is 5. The quantitative estimate of drug-likeness (QED) is 0.604. The third-order valence-electron chi connectivity index (χ3n) is 8.99. The zero-order chi connectivity index (χ0) is 23.6. The molecule has 4 fully saturated rings. The van der Waals surface area contributed by atoms with Gasteiger partial charge in [0, 0.05) is 38.6 Å².